The lowest BCUT2D eigenvalue weighted by atomic mass is 9.84. The third-order valence-corrected chi connectivity index (χ3v) is 14.9. The Balaban J connectivity index is 2.08. The number of benzene rings is 2. The molecule has 0 aliphatic carbocycles. The summed E-state index contributed by atoms with van der Waals surface area (Å²) in [5.74, 6) is -12.8. The van der Waals surface area contributed by atoms with Crippen LogP contribution in [0.3, 0.4) is 0 Å². The molecule has 1 aliphatic heterocycles. The maximum absolute atomic E-state index is 14.7. The average molecular weight is 1210 g/mol. The molecule has 1 fully saturated rings. The first-order valence-electron chi connectivity index (χ1n) is 29.0. The minimum Gasteiger partial charge on any atom is -0.393 e. The third-order valence-electron chi connectivity index (χ3n) is 14.6. The van der Waals surface area contributed by atoms with E-state index in [4.69, 9.17) is 40.3 Å². The first-order chi connectivity index (χ1) is 40.4. The Hall–Kier alpha value is -6.78. The van der Waals surface area contributed by atoms with Crippen molar-refractivity contribution in [2.24, 2.45) is 58.3 Å². The maximum Gasteiger partial charge on any atom is 0.319 e. The lowest BCUT2D eigenvalue weighted by Crippen LogP contribution is -2.59. The van der Waals surface area contributed by atoms with Gasteiger partial charge in [0, 0.05) is 50.0 Å². The summed E-state index contributed by atoms with van der Waals surface area (Å²) in [6.45, 7) is 5.24. The number of Topliss-reactive ketones (excluding diaryl/α,β-unsaturated/α-hetero) is 4. The van der Waals surface area contributed by atoms with Crippen molar-refractivity contribution in [2.45, 2.75) is 153 Å². The number of aliphatic hydroxyl groups is 2. The molecule has 26 nitrogen and oxygen atoms in total. The molecule has 3 rings (SSSR count). The van der Waals surface area contributed by atoms with E-state index in [0.717, 1.165) is 0 Å². The molecular formula is C58H90ClN13O13. The molecule has 20 N–H and O–H groups in total. The lowest BCUT2D eigenvalue weighted by Gasteiger charge is -2.27. The summed E-state index contributed by atoms with van der Waals surface area (Å²) in [5.41, 5.74) is 30.4. The first kappa shape index (κ1) is 72.5. The number of amides is 8. The highest BCUT2D eigenvalue weighted by atomic mass is 35.5. The van der Waals surface area contributed by atoms with E-state index in [1.54, 1.807) is 48.5 Å². The molecule has 472 valence electrons. The summed E-state index contributed by atoms with van der Waals surface area (Å²) in [5, 5.41) is 42.7. The van der Waals surface area contributed by atoms with Gasteiger partial charge in [-0.15, -0.1) is 0 Å². The Morgan fingerprint density at radius 2 is 1.15 bits per heavy atom. The van der Waals surface area contributed by atoms with E-state index in [1.807, 2.05) is 13.8 Å². The number of aliphatic hydroxyl groups excluding tert-OH is 2. The molecule has 2 aromatic rings. The number of rotatable bonds is 26. The molecule has 2 aromatic carbocycles. The third kappa shape index (κ3) is 24.6. The fourth-order valence-corrected chi connectivity index (χ4v) is 10.0. The van der Waals surface area contributed by atoms with Crippen LogP contribution in [-0.4, -0.2) is 163 Å². The molecule has 27 heteroatoms. The van der Waals surface area contributed by atoms with Crippen molar-refractivity contribution < 1.29 is 63.0 Å². The average Bonchev–Trinajstić information content (AvgIpc) is 3.57. The molecule has 1 saturated heterocycles. The van der Waals surface area contributed by atoms with Crippen LogP contribution in [0.15, 0.2) is 54.6 Å². The van der Waals surface area contributed by atoms with Gasteiger partial charge < -0.3 is 81.4 Å². The molecule has 1 aliphatic rings. The Labute approximate surface area is 501 Å². The van der Waals surface area contributed by atoms with Gasteiger partial charge in [0.2, 0.25) is 35.4 Å². The van der Waals surface area contributed by atoms with Gasteiger partial charge in [-0.25, -0.2) is 4.79 Å². The molecule has 8 amide bonds. The zero-order valence-corrected chi connectivity index (χ0v) is 49.8. The van der Waals surface area contributed by atoms with E-state index >= 15 is 0 Å². The maximum atomic E-state index is 14.7. The highest BCUT2D eigenvalue weighted by molar-refractivity contribution is 6.33. The number of carbonyl (C=O) groups excluding carboxylic acids is 11. The van der Waals surface area contributed by atoms with Crippen LogP contribution in [0.25, 0.3) is 0 Å². The number of hydrogen-bond acceptors (Lipinski definition) is 18. The Morgan fingerprint density at radius 3 is 1.72 bits per heavy atom. The second kappa shape index (κ2) is 37.6. The van der Waals surface area contributed by atoms with Crippen molar-refractivity contribution >= 4 is 81.9 Å². The Morgan fingerprint density at radius 1 is 0.612 bits per heavy atom. The smallest absolute Gasteiger partial charge is 0.319 e. The first-order valence-corrected chi connectivity index (χ1v) is 29.4. The monoisotopic (exact) mass is 1210 g/mol. The molecule has 0 bridgehead atoms. The van der Waals surface area contributed by atoms with Gasteiger partial charge in [-0.1, -0.05) is 67.9 Å². The van der Waals surface area contributed by atoms with Gasteiger partial charge in [0.25, 0.3) is 0 Å². The number of nitrogens with one attached hydrogen (secondary N) is 8. The zero-order valence-electron chi connectivity index (χ0n) is 49.1. The summed E-state index contributed by atoms with van der Waals surface area (Å²) < 4.78 is 0. The van der Waals surface area contributed by atoms with Crippen molar-refractivity contribution in [3.05, 3.63) is 65.2 Å². The summed E-state index contributed by atoms with van der Waals surface area (Å²) in [6, 6.07) is 6.09. The molecule has 12 atom stereocenters. The molecule has 85 heavy (non-hydrogen) atoms. The van der Waals surface area contributed by atoms with Crippen LogP contribution < -0.4 is 71.2 Å². The van der Waals surface area contributed by atoms with Crippen LogP contribution in [0.1, 0.15) is 104 Å². The molecular weight excluding hydrogens is 1120 g/mol. The van der Waals surface area contributed by atoms with Crippen molar-refractivity contribution in [2.75, 3.05) is 44.6 Å². The quantitative estimate of drug-likeness (QED) is 0.0530. The molecule has 0 saturated carbocycles. The van der Waals surface area contributed by atoms with Gasteiger partial charge in [0.1, 0.15) is 23.9 Å². The van der Waals surface area contributed by atoms with Gasteiger partial charge in [-0.3, -0.25) is 47.9 Å². The van der Waals surface area contributed by atoms with Crippen molar-refractivity contribution in [3.63, 3.8) is 0 Å². The second-order valence-corrected chi connectivity index (χ2v) is 22.4. The molecule has 2 unspecified atom stereocenters. The van der Waals surface area contributed by atoms with Crippen LogP contribution in [0.4, 0.5) is 10.5 Å². The van der Waals surface area contributed by atoms with Gasteiger partial charge in [0.05, 0.1) is 47.0 Å². The highest BCUT2D eigenvalue weighted by Crippen LogP contribution is 2.24. The summed E-state index contributed by atoms with van der Waals surface area (Å²) >= 11 is 6.18. The number of ketones is 4. The van der Waals surface area contributed by atoms with Crippen LogP contribution >= 0.6 is 11.6 Å². The highest BCUT2D eigenvalue weighted by Gasteiger charge is 2.38. The van der Waals surface area contributed by atoms with Gasteiger partial charge in [-0.05, 0) is 122 Å². The summed E-state index contributed by atoms with van der Waals surface area (Å²) in [4.78, 5) is 155. The normalized spacial score (nSPS) is 22.7. The van der Waals surface area contributed by atoms with Crippen LogP contribution in [0.5, 0.6) is 0 Å². The molecule has 0 aromatic heterocycles. The van der Waals surface area contributed by atoms with Gasteiger partial charge in [-0.2, -0.15) is 0 Å². The van der Waals surface area contributed by atoms with Crippen molar-refractivity contribution in [1.82, 2.24) is 37.2 Å². The number of hydrogen-bond donors (Lipinski definition) is 15. The summed E-state index contributed by atoms with van der Waals surface area (Å²) in [6.07, 6.45) is -5.88. The SMILES string of the molecule is CC(C)C[C@@H]1CC(=O)[C@@H](Cc2ccccc2)NC(=O)[C@H](CCN)CC(=O)[C@@H](CC(=O)[C@H](CCN)NC(=O)[C@@H](CC(=O)[C@H](CCN)NC(=O)Nc2ccccc2Cl)C(C)O)CCNC(=O)[C@H](C(C)O)NC(=O)[C@H](CCN)NC(=O)[C@H](CCN)NC1=O. The van der Waals surface area contributed by atoms with Crippen LogP contribution in [-0.2, 0) is 54.4 Å². The Bertz CT molecular complexity index is 2560. The van der Waals surface area contributed by atoms with E-state index in [1.165, 1.54) is 19.9 Å². The predicted octanol–water partition coefficient (Wildman–Crippen LogP) is -1.13. The van der Waals surface area contributed by atoms with Crippen molar-refractivity contribution in [1.29, 1.82) is 0 Å². The number of para-hydroxylation sites is 1. The topological polar surface area (TPSA) is 455 Å². The number of nitrogens with two attached hydrogens (primary N) is 5. The second-order valence-electron chi connectivity index (χ2n) is 22.0. The lowest BCUT2D eigenvalue weighted by molar-refractivity contribution is -0.137. The fourth-order valence-electron chi connectivity index (χ4n) is 9.85. The van der Waals surface area contributed by atoms with Crippen LogP contribution in [0.2, 0.25) is 5.02 Å². The van der Waals surface area contributed by atoms with E-state index in [9.17, 15) is 63.0 Å². The standard InChI is InChI=1S/C58H90ClN13O13/c1-32(2)26-38-30-49(77)46(27-35-10-6-5-7-11-35)69-52(79)37(14-20-60)29-47(75)36(19-25-65-57(84)51(34(4)74)72-56(83)45(18-24-64)68-55(82)44(17-23-63)67-53(38)80)28-48(76)42(15-21-61)66-54(81)39(33(3)73)31-50(78)43(16-22-62)71-58(85)70-41-13-9-8-12-40(41)59/h5-13,32-34,36-39,42-46,51,73-74H,14-31,60-64H2,1-4H3,(H,65,84)(H,66,81)(H,67,80)(H,68,82)(H,69,79)(H,72,83)(H2,70,71,85)/t33?,34?,36-,37-,38-,39+,42+,43+,44+,45+,46-,51+/m1/s1. The van der Waals surface area contributed by atoms with Crippen molar-refractivity contribution in [3.8, 4) is 0 Å². The van der Waals surface area contributed by atoms with Gasteiger partial charge >= 0.3 is 6.03 Å². The Kier molecular flexibility index (Phi) is 32.1. The predicted molar refractivity (Wildman–Crippen MR) is 318 cm³/mol. The number of urea groups is 1. The van der Waals surface area contributed by atoms with E-state index < -0.39 is 162 Å². The van der Waals surface area contributed by atoms with Gasteiger partial charge in [0.15, 0.2) is 17.3 Å². The minimum absolute atomic E-state index is 0.0249. The number of halogens is 1. The minimum atomic E-state index is -1.65. The largest absolute Gasteiger partial charge is 0.393 e. The van der Waals surface area contributed by atoms with E-state index in [2.05, 4.69) is 42.5 Å². The number of anilines is 1. The molecule has 0 spiro atoms. The molecule has 0 radical (unpaired) electrons. The zero-order chi connectivity index (χ0) is 63.3. The number of carbonyl (C=O) groups is 11. The molecule has 1 heterocycles. The van der Waals surface area contributed by atoms with Crippen LogP contribution in [0, 0.1) is 29.6 Å². The van der Waals surface area contributed by atoms with E-state index in [0.29, 0.717) is 5.56 Å². The fraction of sp³-hybridized carbons (Fsp3) is 0.603. The summed E-state index contributed by atoms with van der Waals surface area (Å²) in [7, 11) is 0. The van der Waals surface area contributed by atoms with E-state index in [-0.39, 0.29) is 107 Å².